The Labute approximate surface area is 66.0 Å². The van der Waals surface area contributed by atoms with Gasteiger partial charge in [-0.1, -0.05) is 6.42 Å². The summed E-state index contributed by atoms with van der Waals surface area (Å²) in [5, 5.41) is 8.79. The van der Waals surface area contributed by atoms with Crippen LogP contribution in [0.25, 0.3) is 0 Å². The largest absolute Gasteiger partial charge is 0.465 e. The van der Waals surface area contributed by atoms with Gasteiger partial charge in [-0.3, -0.25) is 0 Å². The maximum Gasteiger partial charge on any atom is 0.407 e. The smallest absolute Gasteiger partial charge is 0.407 e. The first-order valence-corrected chi connectivity index (χ1v) is 4.28. The van der Waals surface area contributed by atoms with Crippen LogP contribution in [0.15, 0.2) is 0 Å². The fraction of sp³-hybridized carbons (Fsp3) is 0.875. The van der Waals surface area contributed by atoms with Gasteiger partial charge in [0.05, 0.1) is 0 Å². The second-order valence-electron chi connectivity index (χ2n) is 3.52. The number of likely N-dealkylation sites (tertiary alicyclic amines) is 1. The molecule has 0 unspecified atom stereocenters. The van der Waals surface area contributed by atoms with E-state index in [1.54, 1.807) is 4.90 Å². The minimum Gasteiger partial charge on any atom is -0.465 e. The Morgan fingerprint density at radius 3 is 2.91 bits per heavy atom. The highest BCUT2D eigenvalue weighted by atomic mass is 16.4. The van der Waals surface area contributed by atoms with Gasteiger partial charge in [0.2, 0.25) is 0 Å². The minimum absolute atomic E-state index is 0.368. The molecule has 1 saturated carbocycles. The molecule has 0 aromatic carbocycles. The van der Waals surface area contributed by atoms with Gasteiger partial charge in [-0.15, -0.1) is 0 Å². The van der Waals surface area contributed by atoms with Crippen molar-refractivity contribution in [2.75, 3.05) is 6.54 Å². The maximum atomic E-state index is 10.7. The Morgan fingerprint density at radius 2 is 2.18 bits per heavy atom. The van der Waals surface area contributed by atoms with E-state index >= 15 is 0 Å². The number of amides is 1. The molecule has 1 aliphatic carbocycles. The van der Waals surface area contributed by atoms with Crippen molar-refractivity contribution in [1.29, 1.82) is 0 Å². The molecule has 0 bridgehead atoms. The summed E-state index contributed by atoms with van der Waals surface area (Å²) in [6.45, 7) is 0.769. The average molecular weight is 155 g/mol. The molecule has 1 saturated heterocycles. The molecule has 1 aliphatic heterocycles. The van der Waals surface area contributed by atoms with Crippen molar-refractivity contribution in [3.63, 3.8) is 0 Å². The number of fused-ring (bicyclic) bond motifs is 1. The van der Waals surface area contributed by atoms with Crippen LogP contribution in [0.4, 0.5) is 4.79 Å². The van der Waals surface area contributed by atoms with Gasteiger partial charge in [-0.2, -0.15) is 0 Å². The molecule has 1 heterocycles. The fourth-order valence-electron chi connectivity index (χ4n) is 2.47. The molecule has 62 valence electrons. The molecular weight excluding hydrogens is 142 g/mol. The summed E-state index contributed by atoms with van der Waals surface area (Å²) in [6, 6.07) is 0.368. The van der Waals surface area contributed by atoms with Crippen molar-refractivity contribution in [3.05, 3.63) is 0 Å². The molecular formula is C8H13NO2. The minimum atomic E-state index is -0.723. The SMILES string of the molecule is O=C(O)N1CC[C@H]2CCC[C@@H]21. The normalized spacial score (nSPS) is 35.8. The fourth-order valence-corrected chi connectivity index (χ4v) is 2.47. The lowest BCUT2D eigenvalue weighted by Crippen LogP contribution is -2.34. The molecule has 11 heavy (non-hydrogen) atoms. The molecule has 2 rings (SSSR count). The van der Waals surface area contributed by atoms with Crippen LogP contribution in [0.3, 0.4) is 0 Å². The maximum absolute atomic E-state index is 10.7. The average Bonchev–Trinajstić information content (AvgIpc) is 2.41. The van der Waals surface area contributed by atoms with Gasteiger partial charge in [-0.05, 0) is 25.2 Å². The van der Waals surface area contributed by atoms with E-state index in [1.807, 2.05) is 0 Å². The number of nitrogens with zero attached hydrogens (tertiary/aromatic N) is 1. The molecule has 3 heteroatoms. The van der Waals surface area contributed by atoms with E-state index in [1.165, 1.54) is 12.8 Å². The highest BCUT2D eigenvalue weighted by Gasteiger charge is 2.39. The summed E-state index contributed by atoms with van der Waals surface area (Å²) in [4.78, 5) is 12.3. The molecule has 1 N–H and O–H groups in total. The molecule has 0 aromatic heterocycles. The zero-order chi connectivity index (χ0) is 7.84. The van der Waals surface area contributed by atoms with Crippen molar-refractivity contribution >= 4 is 6.09 Å². The van der Waals surface area contributed by atoms with Crippen LogP contribution >= 0.6 is 0 Å². The molecule has 3 nitrogen and oxygen atoms in total. The molecule has 0 spiro atoms. The summed E-state index contributed by atoms with van der Waals surface area (Å²) in [5.41, 5.74) is 0. The van der Waals surface area contributed by atoms with Gasteiger partial charge in [-0.25, -0.2) is 4.79 Å². The number of rotatable bonds is 0. The Morgan fingerprint density at radius 1 is 1.36 bits per heavy atom. The Hall–Kier alpha value is -0.730. The van der Waals surface area contributed by atoms with Crippen LogP contribution in [-0.4, -0.2) is 28.7 Å². The number of hydrogen-bond acceptors (Lipinski definition) is 1. The van der Waals surface area contributed by atoms with Crippen LogP contribution in [0.5, 0.6) is 0 Å². The second kappa shape index (κ2) is 2.40. The van der Waals surface area contributed by atoms with E-state index in [0.29, 0.717) is 12.0 Å². The predicted molar refractivity (Wildman–Crippen MR) is 40.5 cm³/mol. The lowest BCUT2D eigenvalue weighted by Gasteiger charge is -2.19. The zero-order valence-corrected chi connectivity index (χ0v) is 6.49. The summed E-state index contributed by atoms with van der Waals surface area (Å²) in [6.07, 6.45) is 3.93. The van der Waals surface area contributed by atoms with Crippen LogP contribution in [0.2, 0.25) is 0 Å². The molecule has 2 fully saturated rings. The highest BCUT2D eigenvalue weighted by Crippen LogP contribution is 2.37. The van der Waals surface area contributed by atoms with Crippen LogP contribution < -0.4 is 0 Å². The first-order chi connectivity index (χ1) is 5.29. The summed E-state index contributed by atoms with van der Waals surface area (Å²) in [7, 11) is 0. The lowest BCUT2D eigenvalue weighted by molar-refractivity contribution is 0.138. The van der Waals surface area contributed by atoms with Crippen molar-refractivity contribution < 1.29 is 9.90 Å². The molecule has 0 radical (unpaired) electrons. The van der Waals surface area contributed by atoms with E-state index in [-0.39, 0.29) is 0 Å². The third-order valence-electron chi connectivity index (χ3n) is 3.01. The highest BCUT2D eigenvalue weighted by molar-refractivity contribution is 5.66. The molecule has 1 amide bonds. The second-order valence-corrected chi connectivity index (χ2v) is 3.52. The molecule has 0 aromatic rings. The topological polar surface area (TPSA) is 40.5 Å². The quantitative estimate of drug-likeness (QED) is 0.576. The first-order valence-electron chi connectivity index (χ1n) is 4.28. The lowest BCUT2D eigenvalue weighted by atomic mass is 10.1. The van der Waals surface area contributed by atoms with Gasteiger partial charge in [0.1, 0.15) is 0 Å². The van der Waals surface area contributed by atoms with E-state index in [4.69, 9.17) is 5.11 Å². The van der Waals surface area contributed by atoms with Crippen LogP contribution in [-0.2, 0) is 0 Å². The Balaban J connectivity index is 2.08. The third-order valence-corrected chi connectivity index (χ3v) is 3.01. The Bertz CT molecular complexity index is 181. The monoisotopic (exact) mass is 155 g/mol. The third kappa shape index (κ3) is 0.988. The number of carboxylic acid groups (broad SMARTS) is 1. The van der Waals surface area contributed by atoms with Gasteiger partial charge < -0.3 is 10.0 Å². The van der Waals surface area contributed by atoms with Crippen molar-refractivity contribution in [2.24, 2.45) is 5.92 Å². The van der Waals surface area contributed by atoms with Crippen molar-refractivity contribution in [2.45, 2.75) is 31.7 Å². The first kappa shape index (κ1) is 6.95. The van der Waals surface area contributed by atoms with Gasteiger partial charge in [0.25, 0.3) is 0 Å². The van der Waals surface area contributed by atoms with Crippen LogP contribution in [0, 0.1) is 5.92 Å². The van der Waals surface area contributed by atoms with E-state index in [0.717, 1.165) is 19.4 Å². The van der Waals surface area contributed by atoms with Gasteiger partial charge >= 0.3 is 6.09 Å². The zero-order valence-electron chi connectivity index (χ0n) is 6.49. The van der Waals surface area contributed by atoms with E-state index in [2.05, 4.69) is 0 Å². The van der Waals surface area contributed by atoms with E-state index < -0.39 is 6.09 Å². The van der Waals surface area contributed by atoms with Gasteiger partial charge in [0.15, 0.2) is 0 Å². The summed E-state index contributed by atoms with van der Waals surface area (Å²) >= 11 is 0. The summed E-state index contributed by atoms with van der Waals surface area (Å²) in [5.74, 6) is 0.686. The summed E-state index contributed by atoms with van der Waals surface area (Å²) < 4.78 is 0. The number of carbonyl (C=O) groups is 1. The van der Waals surface area contributed by atoms with Crippen LogP contribution in [0.1, 0.15) is 25.7 Å². The predicted octanol–water partition coefficient (Wildman–Crippen LogP) is 1.54. The van der Waals surface area contributed by atoms with Crippen molar-refractivity contribution in [3.8, 4) is 0 Å². The Kier molecular flexibility index (Phi) is 1.51. The molecule has 2 aliphatic rings. The van der Waals surface area contributed by atoms with E-state index in [9.17, 15) is 4.79 Å². The molecule has 2 atom stereocenters. The van der Waals surface area contributed by atoms with Crippen molar-refractivity contribution in [1.82, 2.24) is 4.90 Å². The standard InChI is InChI=1S/C8H13NO2/c10-8(11)9-5-4-6-2-1-3-7(6)9/h6-7H,1-5H2,(H,10,11)/t6-,7+/m1/s1. The number of hydrogen-bond donors (Lipinski definition) is 1. The van der Waals surface area contributed by atoms with Gasteiger partial charge in [0, 0.05) is 12.6 Å².